The van der Waals surface area contributed by atoms with Gasteiger partial charge in [0.25, 0.3) is 5.91 Å². The molecule has 8 nitrogen and oxygen atoms in total. The maximum absolute atomic E-state index is 13.2. The van der Waals surface area contributed by atoms with Crippen LogP contribution in [-0.4, -0.2) is 46.5 Å². The van der Waals surface area contributed by atoms with Crippen molar-refractivity contribution in [2.45, 2.75) is 43.4 Å². The molecule has 1 amide bonds. The van der Waals surface area contributed by atoms with Crippen LogP contribution in [0.5, 0.6) is 0 Å². The lowest BCUT2D eigenvalue weighted by molar-refractivity contribution is 0.102. The number of carbonyl (C=O) groups is 1. The van der Waals surface area contributed by atoms with E-state index in [1.165, 1.54) is 27.8 Å². The second-order valence-electron chi connectivity index (χ2n) is 8.95. The summed E-state index contributed by atoms with van der Waals surface area (Å²) in [6, 6.07) is 14.1. The number of sulfonamides is 1. The lowest BCUT2D eigenvalue weighted by Crippen LogP contribution is -2.35. The normalized spacial score (nSPS) is 16.5. The van der Waals surface area contributed by atoms with Crippen LogP contribution >= 0.6 is 11.3 Å². The van der Waals surface area contributed by atoms with E-state index in [1.807, 2.05) is 24.3 Å². The number of rotatable bonds is 5. The van der Waals surface area contributed by atoms with Crippen LogP contribution < -0.4 is 5.32 Å². The van der Waals surface area contributed by atoms with Crippen molar-refractivity contribution in [2.75, 3.05) is 18.4 Å². The summed E-state index contributed by atoms with van der Waals surface area (Å²) >= 11 is 1.53. The molecule has 10 heteroatoms. The zero-order valence-electron chi connectivity index (χ0n) is 19.1. The number of hydrogen-bond acceptors (Lipinski definition) is 6. The average molecular weight is 508 g/mol. The molecule has 0 bridgehead atoms. The predicted molar refractivity (Wildman–Crippen MR) is 136 cm³/mol. The van der Waals surface area contributed by atoms with Gasteiger partial charge in [-0.05, 0) is 68.5 Å². The number of nitrogens with zero attached hydrogens (tertiary/aromatic N) is 4. The van der Waals surface area contributed by atoms with Gasteiger partial charge in [-0.15, -0.1) is 0 Å². The Bertz CT molecular complexity index is 1480. The van der Waals surface area contributed by atoms with E-state index in [0.29, 0.717) is 29.6 Å². The van der Waals surface area contributed by atoms with Crippen molar-refractivity contribution in [3.63, 3.8) is 0 Å². The van der Waals surface area contributed by atoms with Gasteiger partial charge < -0.3 is 5.32 Å². The summed E-state index contributed by atoms with van der Waals surface area (Å²) in [7, 11) is -3.54. The summed E-state index contributed by atoms with van der Waals surface area (Å²) in [5.41, 5.74) is 3.32. The number of nitrogens with one attached hydrogen (secondary N) is 1. The van der Waals surface area contributed by atoms with Gasteiger partial charge in [0, 0.05) is 24.2 Å². The molecule has 0 atom stereocenters. The number of piperidine rings is 1. The second-order valence-corrected chi connectivity index (χ2v) is 11.9. The highest BCUT2D eigenvalue weighted by Crippen LogP contribution is 2.34. The van der Waals surface area contributed by atoms with Crippen molar-refractivity contribution in [2.24, 2.45) is 0 Å². The molecule has 35 heavy (non-hydrogen) atoms. The van der Waals surface area contributed by atoms with Gasteiger partial charge in [0.1, 0.15) is 5.82 Å². The molecule has 2 aliphatic rings. The monoisotopic (exact) mass is 507 g/mol. The summed E-state index contributed by atoms with van der Waals surface area (Å²) < 4.78 is 30.2. The van der Waals surface area contributed by atoms with E-state index in [2.05, 4.69) is 5.32 Å². The van der Waals surface area contributed by atoms with Crippen LogP contribution in [0.1, 0.15) is 47.3 Å². The Morgan fingerprint density at radius 1 is 0.943 bits per heavy atom. The third kappa shape index (κ3) is 4.05. The minimum Gasteiger partial charge on any atom is -0.306 e. The Kier molecular flexibility index (Phi) is 5.66. The van der Waals surface area contributed by atoms with Crippen molar-refractivity contribution in [1.82, 2.24) is 19.1 Å². The maximum atomic E-state index is 13.2. The Morgan fingerprint density at radius 2 is 1.71 bits per heavy atom. The molecule has 0 saturated carbocycles. The molecule has 0 unspecified atom stereocenters. The maximum Gasteiger partial charge on any atom is 0.256 e. The number of benzene rings is 2. The molecule has 180 valence electrons. The van der Waals surface area contributed by atoms with E-state index < -0.39 is 10.0 Å². The van der Waals surface area contributed by atoms with Crippen LogP contribution in [0.15, 0.2) is 53.4 Å². The van der Waals surface area contributed by atoms with Crippen LogP contribution in [0.2, 0.25) is 0 Å². The smallest absolute Gasteiger partial charge is 0.256 e. The SMILES string of the molecule is O=C(Nc1c2c(nn1-c1nc3ccccc3s1)CCC2)c1ccc(S(=O)(=O)N2CCCCC2)cc1. The fraction of sp³-hybridized carbons (Fsp3) is 0.320. The summed E-state index contributed by atoms with van der Waals surface area (Å²) in [6.45, 7) is 1.09. The molecule has 4 aromatic rings. The molecule has 0 radical (unpaired) electrons. The molecule has 6 rings (SSSR count). The lowest BCUT2D eigenvalue weighted by atomic mass is 10.2. The first kappa shape index (κ1) is 22.4. The Hall–Kier alpha value is -3.08. The van der Waals surface area contributed by atoms with E-state index in [-0.39, 0.29) is 10.8 Å². The number of hydrogen-bond donors (Lipinski definition) is 1. The summed E-state index contributed by atoms with van der Waals surface area (Å²) in [5.74, 6) is 0.343. The number of aromatic nitrogens is 3. The van der Waals surface area contributed by atoms with Crippen LogP contribution in [0.3, 0.4) is 0 Å². The lowest BCUT2D eigenvalue weighted by Gasteiger charge is -2.25. The van der Waals surface area contributed by atoms with E-state index in [4.69, 9.17) is 10.1 Å². The minimum atomic E-state index is -3.54. The standard InChI is InChI=1S/C25H25N5O3S2/c31-24(17-11-13-18(14-12-17)35(32,33)29-15-4-1-5-16-29)27-23-19-7-6-9-20(19)28-30(23)25-26-21-8-2-3-10-22(21)34-25/h2-3,8,10-14H,1,4-7,9,15-16H2,(H,27,31). The molecule has 0 spiro atoms. The number of thiazole rings is 1. The Labute approximate surface area is 207 Å². The van der Waals surface area contributed by atoms with Gasteiger partial charge in [-0.3, -0.25) is 4.79 Å². The zero-order chi connectivity index (χ0) is 24.0. The van der Waals surface area contributed by atoms with Crippen LogP contribution in [-0.2, 0) is 22.9 Å². The van der Waals surface area contributed by atoms with Crippen molar-refractivity contribution in [3.8, 4) is 5.13 Å². The molecule has 1 aliphatic carbocycles. The Morgan fingerprint density at radius 3 is 2.49 bits per heavy atom. The van der Waals surface area contributed by atoms with Crippen molar-refractivity contribution >= 4 is 43.3 Å². The van der Waals surface area contributed by atoms with Crippen LogP contribution in [0.25, 0.3) is 15.3 Å². The third-order valence-electron chi connectivity index (χ3n) is 6.67. The van der Waals surface area contributed by atoms with E-state index in [1.54, 1.807) is 16.8 Å². The first-order valence-corrected chi connectivity index (χ1v) is 14.1. The highest BCUT2D eigenvalue weighted by atomic mass is 32.2. The number of amides is 1. The Balaban J connectivity index is 1.28. The minimum absolute atomic E-state index is 0.219. The fourth-order valence-electron chi connectivity index (χ4n) is 4.82. The number of carbonyl (C=O) groups excluding carboxylic acids is 1. The van der Waals surface area contributed by atoms with Gasteiger partial charge in [0.2, 0.25) is 15.2 Å². The zero-order valence-corrected chi connectivity index (χ0v) is 20.7. The highest BCUT2D eigenvalue weighted by molar-refractivity contribution is 7.89. The highest BCUT2D eigenvalue weighted by Gasteiger charge is 2.28. The van der Waals surface area contributed by atoms with Gasteiger partial charge in [-0.25, -0.2) is 13.4 Å². The average Bonchev–Trinajstić information content (AvgIpc) is 3.60. The molecule has 1 N–H and O–H groups in total. The van der Waals surface area contributed by atoms with Crippen LogP contribution in [0, 0.1) is 0 Å². The van der Waals surface area contributed by atoms with Gasteiger partial charge in [-0.2, -0.15) is 14.1 Å². The first-order chi connectivity index (χ1) is 17.0. The number of fused-ring (bicyclic) bond motifs is 2. The number of anilines is 1. The summed E-state index contributed by atoms with van der Waals surface area (Å²) in [4.78, 5) is 18.1. The van der Waals surface area contributed by atoms with Gasteiger partial charge >= 0.3 is 0 Å². The molecular formula is C25H25N5O3S2. The van der Waals surface area contributed by atoms with Crippen molar-refractivity contribution < 1.29 is 13.2 Å². The van der Waals surface area contributed by atoms with E-state index in [9.17, 15) is 13.2 Å². The second kappa shape index (κ2) is 8.85. The molecular weight excluding hydrogens is 482 g/mol. The summed E-state index contributed by atoms with van der Waals surface area (Å²) in [6.07, 6.45) is 5.55. The largest absolute Gasteiger partial charge is 0.306 e. The van der Waals surface area contributed by atoms with Gasteiger partial charge in [0.15, 0.2) is 0 Å². The topological polar surface area (TPSA) is 97.2 Å². The third-order valence-corrected chi connectivity index (χ3v) is 9.60. The fourth-order valence-corrected chi connectivity index (χ4v) is 7.26. The van der Waals surface area contributed by atoms with Gasteiger partial charge in [-0.1, -0.05) is 29.9 Å². The van der Waals surface area contributed by atoms with E-state index >= 15 is 0 Å². The molecule has 3 heterocycles. The van der Waals surface area contributed by atoms with Gasteiger partial charge in [0.05, 0.1) is 20.8 Å². The first-order valence-electron chi connectivity index (χ1n) is 11.9. The van der Waals surface area contributed by atoms with Crippen molar-refractivity contribution in [1.29, 1.82) is 0 Å². The molecule has 1 aliphatic heterocycles. The molecule has 2 aromatic heterocycles. The molecule has 1 saturated heterocycles. The van der Waals surface area contributed by atoms with E-state index in [0.717, 1.165) is 60.0 Å². The predicted octanol–water partition coefficient (Wildman–Crippen LogP) is 4.40. The van der Waals surface area contributed by atoms with Crippen molar-refractivity contribution in [3.05, 3.63) is 65.4 Å². The summed E-state index contributed by atoms with van der Waals surface area (Å²) in [5, 5.41) is 8.51. The molecule has 1 fully saturated rings. The van der Waals surface area contributed by atoms with Crippen LogP contribution in [0.4, 0.5) is 5.82 Å². The number of para-hydroxylation sites is 1. The number of aryl methyl sites for hydroxylation is 1. The molecule has 2 aromatic carbocycles. The quantitative estimate of drug-likeness (QED) is 0.432.